The lowest BCUT2D eigenvalue weighted by molar-refractivity contribution is -0.0103. The minimum Gasteiger partial charge on any atom is -0.472 e. The third kappa shape index (κ3) is 2.63. The molecule has 21 heavy (non-hydrogen) atoms. The van der Waals surface area contributed by atoms with Crippen LogP contribution >= 0.6 is 0 Å². The van der Waals surface area contributed by atoms with Crippen molar-refractivity contribution >= 4 is 0 Å². The van der Waals surface area contributed by atoms with E-state index < -0.39 is 0 Å². The van der Waals surface area contributed by atoms with Crippen molar-refractivity contribution in [3.63, 3.8) is 0 Å². The Kier molecular flexibility index (Phi) is 3.31. The molecule has 1 atom stereocenters. The van der Waals surface area contributed by atoms with E-state index >= 15 is 0 Å². The largest absolute Gasteiger partial charge is 0.472 e. The molecular weight excluding hydrogens is 262 g/mol. The number of ether oxygens (including phenoxy) is 1. The first-order valence-electron chi connectivity index (χ1n) is 7.67. The molecule has 0 radical (unpaired) electrons. The number of benzene rings is 1. The van der Waals surface area contributed by atoms with Gasteiger partial charge in [-0.25, -0.2) is 0 Å². The molecule has 1 aromatic carbocycles. The molecule has 3 fully saturated rings. The molecule has 4 nitrogen and oxygen atoms in total. The zero-order valence-corrected chi connectivity index (χ0v) is 12.0. The third-order valence-electron chi connectivity index (χ3n) is 4.58. The predicted octanol–water partition coefficient (Wildman–Crippen LogP) is 2.62. The molecule has 2 bridgehead atoms. The molecule has 4 heteroatoms. The van der Waals surface area contributed by atoms with Gasteiger partial charge in [-0.1, -0.05) is 30.3 Å². The van der Waals surface area contributed by atoms with Crippen molar-refractivity contribution in [2.75, 3.05) is 19.6 Å². The number of hydrogen-bond donors (Lipinski definition) is 0. The topological polar surface area (TPSA) is 38.2 Å². The van der Waals surface area contributed by atoms with E-state index in [0.29, 0.717) is 11.8 Å². The summed E-state index contributed by atoms with van der Waals surface area (Å²) in [4.78, 5) is 2.48. The second-order valence-electron chi connectivity index (χ2n) is 5.92. The van der Waals surface area contributed by atoms with E-state index in [4.69, 9.17) is 4.74 Å². The van der Waals surface area contributed by atoms with Crippen molar-refractivity contribution in [3.8, 4) is 17.1 Å². The van der Waals surface area contributed by atoms with Gasteiger partial charge in [0.15, 0.2) is 0 Å². The van der Waals surface area contributed by atoms with E-state index in [2.05, 4.69) is 15.1 Å². The molecule has 0 spiro atoms. The van der Waals surface area contributed by atoms with Crippen LogP contribution in [0.4, 0.5) is 0 Å². The molecule has 0 aliphatic carbocycles. The summed E-state index contributed by atoms with van der Waals surface area (Å²) >= 11 is 0. The number of hydrogen-bond acceptors (Lipinski definition) is 4. The Bertz CT molecular complexity index is 591. The van der Waals surface area contributed by atoms with Gasteiger partial charge in [0.2, 0.25) is 5.88 Å². The highest BCUT2D eigenvalue weighted by molar-refractivity contribution is 5.58. The molecule has 1 aromatic heterocycles. The van der Waals surface area contributed by atoms with Crippen LogP contribution in [0, 0.1) is 5.92 Å². The first-order chi connectivity index (χ1) is 10.4. The second kappa shape index (κ2) is 5.45. The summed E-state index contributed by atoms with van der Waals surface area (Å²) in [5.74, 6) is 1.33. The van der Waals surface area contributed by atoms with Gasteiger partial charge in [-0.05, 0) is 37.9 Å². The van der Waals surface area contributed by atoms with E-state index in [0.717, 1.165) is 17.8 Å². The van der Waals surface area contributed by atoms with Crippen LogP contribution in [0.15, 0.2) is 42.5 Å². The Morgan fingerprint density at radius 1 is 0.952 bits per heavy atom. The van der Waals surface area contributed by atoms with Gasteiger partial charge in [0.25, 0.3) is 0 Å². The van der Waals surface area contributed by atoms with Gasteiger partial charge in [-0.15, -0.1) is 10.2 Å². The Balaban J connectivity index is 1.47. The first kappa shape index (κ1) is 12.8. The molecule has 3 aliphatic heterocycles. The molecule has 0 saturated carbocycles. The number of piperidine rings is 3. The Labute approximate surface area is 124 Å². The Morgan fingerprint density at radius 3 is 2.38 bits per heavy atom. The molecule has 5 rings (SSSR count). The summed E-state index contributed by atoms with van der Waals surface area (Å²) in [6, 6.07) is 14.0. The third-order valence-corrected chi connectivity index (χ3v) is 4.58. The van der Waals surface area contributed by atoms with Crippen molar-refractivity contribution < 1.29 is 4.74 Å². The molecule has 0 N–H and O–H groups in total. The minimum atomic E-state index is 0.282. The molecule has 3 saturated heterocycles. The van der Waals surface area contributed by atoms with Crippen LogP contribution in [0.5, 0.6) is 5.88 Å². The molecule has 0 amide bonds. The van der Waals surface area contributed by atoms with E-state index in [1.165, 1.54) is 25.9 Å². The first-order valence-corrected chi connectivity index (χ1v) is 7.67. The van der Waals surface area contributed by atoms with Gasteiger partial charge < -0.3 is 4.74 Å². The van der Waals surface area contributed by atoms with Crippen molar-refractivity contribution in [2.24, 2.45) is 5.92 Å². The average molecular weight is 281 g/mol. The van der Waals surface area contributed by atoms with E-state index in [9.17, 15) is 0 Å². The van der Waals surface area contributed by atoms with Crippen LogP contribution in [0.3, 0.4) is 0 Å². The number of rotatable bonds is 3. The van der Waals surface area contributed by atoms with Crippen molar-refractivity contribution in [2.45, 2.75) is 18.9 Å². The van der Waals surface area contributed by atoms with Gasteiger partial charge in [-0.3, -0.25) is 4.90 Å². The summed E-state index contributed by atoms with van der Waals surface area (Å²) < 4.78 is 6.06. The Morgan fingerprint density at radius 2 is 1.76 bits per heavy atom. The standard InChI is InChI=1S/C17H19N3O/c1-2-4-13(5-3-1)15-6-7-17(19-18-15)21-16-12-20-10-8-14(16)9-11-20/h1-7,14,16H,8-12H2. The predicted molar refractivity (Wildman–Crippen MR) is 81.0 cm³/mol. The molecule has 3 aliphatic rings. The SMILES string of the molecule is c1ccc(-c2ccc(OC3CN4CCC3CC4)nn2)cc1. The highest BCUT2D eigenvalue weighted by atomic mass is 16.5. The summed E-state index contributed by atoms with van der Waals surface area (Å²) in [7, 11) is 0. The quantitative estimate of drug-likeness (QED) is 0.867. The number of aromatic nitrogens is 2. The summed E-state index contributed by atoms with van der Waals surface area (Å²) in [5, 5.41) is 8.53. The second-order valence-corrected chi connectivity index (χ2v) is 5.92. The smallest absolute Gasteiger partial charge is 0.233 e. The van der Waals surface area contributed by atoms with E-state index in [-0.39, 0.29) is 6.10 Å². The molecule has 4 heterocycles. The lowest BCUT2D eigenvalue weighted by Gasteiger charge is -2.44. The van der Waals surface area contributed by atoms with E-state index in [1.807, 2.05) is 42.5 Å². The maximum absolute atomic E-state index is 6.06. The highest BCUT2D eigenvalue weighted by Gasteiger charge is 2.35. The summed E-state index contributed by atoms with van der Waals surface area (Å²) in [5.41, 5.74) is 1.97. The lowest BCUT2D eigenvalue weighted by atomic mass is 9.86. The maximum atomic E-state index is 6.06. The van der Waals surface area contributed by atoms with Gasteiger partial charge in [0, 0.05) is 18.2 Å². The van der Waals surface area contributed by atoms with Crippen LogP contribution in [-0.4, -0.2) is 40.8 Å². The van der Waals surface area contributed by atoms with Gasteiger partial charge in [0.05, 0.1) is 5.69 Å². The van der Waals surface area contributed by atoms with Gasteiger partial charge in [0.1, 0.15) is 6.10 Å². The van der Waals surface area contributed by atoms with E-state index in [1.54, 1.807) is 0 Å². The van der Waals surface area contributed by atoms with Crippen LogP contribution in [-0.2, 0) is 0 Å². The lowest BCUT2D eigenvalue weighted by Crippen LogP contribution is -2.52. The average Bonchev–Trinajstić information content (AvgIpc) is 2.57. The summed E-state index contributed by atoms with van der Waals surface area (Å²) in [6.07, 6.45) is 2.78. The molecular formula is C17H19N3O. The zero-order chi connectivity index (χ0) is 14.1. The monoisotopic (exact) mass is 281 g/mol. The molecule has 1 unspecified atom stereocenters. The molecule has 2 aromatic rings. The summed E-state index contributed by atoms with van der Waals surface area (Å²) in [6.45, 7) is 3.49. The van der Waals surface area contributed by atoms with Crippen molar-refractivity contribution in [1.29, 1.82) is 0 Å². The maximum Gasteiger partial charge on any atom is 0.233 e. The van der Waals surface area contributed by atoms with Gasteiger partial charge in [-0.2, -0.15) is 0 Å². The molecule has 108 valence electrons. The normalized spacial score (nSPS) is 27.5. The fourth-order valence-corrected chi connectivity index (χ4v) is 3.35. The van der Waals surface area contributed by atoms with Gasteiger partial charge >= 0.3 is 0 Å². The Hall–Kier alpha value is -1.94. The van der Waals surface area contributed by atoms with Crippen molar-refractivity contribution in [3.05, 3.63) is 42.5 Å². The highest BCUT2D eigenvalue weighted by Crippen LogP contribution is 2.30. The van der Waals surface area contributed by atoms with Crippen LogP contribution in [0.2, 0.25) is 0 Å². The van der Waals surface area contributed by atoms with Crippen LogP contribution in [0.25, 0.3) is 11.3 Å². The van der Waals surface area contributed by atoms with Crippen LogP contribution in [0.1, 0.15) is 12.8 Å². The zero-order valence-electron chi connectivity index (χ0n) is 12.0. The number of fused-ring (bicyclic) bond motifs is 3. The fraction of sp³-hybridized carbons (Fsp3) is 0.412. The van der Waals surface area contributed by atoms with Crippen molar-refractivity contribution in [1.82, 2.24) is 15.1 Å². The van der Waals surface area contributed by atoms with Crippen LogP contribution < -0.4 is 4.74 Å². The minimum absolute atomic E-state index is 0.282. The fourth-order valence-electron chi connectivity index (χ4n) is 3.35. The number of nitrogens with zero attached hydrogens (tertiary/aromatic N) is 3.